The van der Waals surface area contributed by atoms with Crippen LogP contribution < -0.4 is 0 Å². The summed E-state index contributed by atoms with van der Waals surface area (Å²) in [4.78, 5) is 5.08. The summed E-state index contributed by atoms with van der Waals surface area (Å²) in [5, 5.41) is 4.84. The van der Waals surface area contributed by atoms with Gasteiger partial charge >= 0.3 is 0 Å². The van der Waals surface area contributed by atoms with Crippen LogP contribution in [0.15, 0.2) is 156 Å². The van der Waals surface area contributed by atoms with Crippen LogP contribution in [0, 0.1) is 0 Å². The first-order valence-corrected chi connectivity index (χ1v) is 14.5. The van der Waals surface area contributed by atoms with Gasteiger partial charge in [-0.15, -0.1) is 0 Å². The van der Waals surface area contributed by atoms with Gasteiger partial charge in [-0.3, -0.25) is 4.57 Å². The summed E-state index contributed by atoms with van der Waals surface area (Å²) in [5.41, 5.74) is 8.43. The third-order valence-electron chi connectivity index (χ3n) is 8.37. The smallest absolute Gasteiger partial charge is 0.233 e. The Bertz CT molecular complexity index is 2430. The van der Waals surface area contributed by atoms with Crippen molar-refractivity contribution in [1.82, 2.24) is 14.1 Å². The predicted molar refractivity (Wildman–Crippen MR) is 176 cm³/mol. The van der Waals surface area contributed by atoms with E-state index in [1.807, 2.05) is 48.5 Å². The molecule has 9 aromatic rings. The van der Waals surface area contributed by atoms with Crippen molar-refractivity contribution in [2.24, 2.45) is 0 Å². The zero-order valence-corrected chi connectivity index (χ0v) is 23.2. The number of hydrogen-bond acceptors (Lipinski definition) is 2. The van der Waals surface area contributed by atoms with Gasteiger partial charge in [0.25, 0.3) is 0 Å². The van der Waals surface area contributed by atoms with Gasteiger partial charge in [0.2, 0.25) is 11.8 Å². The summed E-state index contributed by atoms with van der Waals surface area (Å²) in [6.45, 7) is 0. The lowest BCUT2D eigenvalue weighted by molar-refractivity contribution is 0.554. The van der Waals surface area contributed by atoms with E-state index >= 15 is 0 Å². The topological polar surface area (TPSA) is 35.9 Å². The minimum Gasteiger partial charge on any atom is -0.419 e. The summed E-state index contributed by atoms with van der Waals surface area (Å²) in [6.07, 6.45) is 0. The van der Waals surface area contributed by atoms with Crippen LogP contribution in [0.25, 0.3) is 77.9 Å². The first kappa shape index (κ1) is 23.8. The Labute approximate surface area is 247 Å². The number of para-hydroxylation sites is 3. The third-order valence-corrected chi connectivity index (χ3v) is 8.37. The van der Waals surface area contributed by atoms with E-state index in [1.54, 1.807) is 0 Å². The van der Waals surface area contributed by atoms with Crippen molar-refractivity contribution >= 4 is 43.6 Å². The Morgan fingerprint density at radius 3 is 1.53 bits per heavy atom. The molecule has 4 nitrogen and oxygen atoms in total. The molecular weight excluding hydrogens is 526 g/mol. The fourth-order valence-corrected chi connectivity index (χ4v) is 6.54. The minimum absolute atomic E-state index is 0.599. The number of aromatic nitrogens is 3. The molecule has 3 heterocycles. The molecule has 0 bridgehead atoms. The molecule has 9 rings (SSSR count). The Morgan fingerprint density at radius 2 is 0.907 bits per heavy atom. The lowest BCUT2D eigenvalue weighted by Crippen LogP contribution is -1.95. The van der Waals surface area contributed by atoms with E-state index in [0.717, 1.165) is 33.5 Å². The van der Waals surface area contributed by atoms with Crippen molar-refractivity contribution in [3.8, 4) is 34.3 Å². The Kier molecular flexibility index (Phi) is 5.16. The fourth-order valence-electron chi connectivity index (χ4n) is 6.54. The van der Waals surface area contributed by atoms with Gasteiger partial charge in [0.05, 0.1) is 22.1 Å². The number of nitrogens with zero attached hydrogens (tertiary/aromatic N) is 3. The van der Waals surface area contributed by atoms with E-state index in [9.17, 15) is 0 Å². The van der Waals surface area contributed by atoms with E-state index in [4.69, 9.17) is 9.40 Å². The minimum atomic E-state index is 0.599. The average molecular weight is 552 g/mol. The molecule has 0 radical (unpaired) electrons. The molecule has 202 valence electrons. The zero-order valence-electron chi connectivity index (χ0n) is 23.2. The molecule has 0 fully saturated rings. The lowest BCUT2D eigenvalue weighted by atomic mass is 10.1. The lowest BCUT2D eigenvalue weighted by Gasteiger charge is -2.08. The van der Waals surface area contributed by atoms with Crippen molar-refractivity contribution in [3.05, 3.63) is 152 Å². The first-order chi connectivity index (χ1) is 21.4. The second-order valence-corrected chi connectivity index (χ2v) is 10.8. The number of hydrogen-bond donors (Lipinski definition) is 0. The Balaban J connectivity index is 1.43. The second-order valence-electron chi connectivity index (χ2n) is 10.8. The first-order valence-electron chi connectivity index (χ1n) is 14.5. The number of benzene rings is 6. The number of rotatable bonds is 4. The average Bonchev–Trinajstić information content (AvgIpc) is 3.76. The Hall–Kier alpha value is -5.87. The summed E-state index contributed by atoms with van der Waals surface area (Å²) in [7, 11) is 0. The van der Waals surface area contributed by atoms with E-state index < -0.39 is 0 Å². The highest BCUT2D eigenvalue weighted by molar-refractivity contribution is 6.28. The molecule has 43 heavy (non-hydrogen) atoms. The molecule has 0 aliphatic heterocycles. The van der Waals surface area contributed by atoms with Gasteiger partial charge in [-0.2, -0.15) is 0 Å². The van der Waals surface area contributed by atoms with E-state index in [2.05, 4.69) is 112 Å². The molecule has 0 saturated heterocycles. The molecule has 3 aromatic heterocycles. The molecule has 0 spiro atoms. The molecule has 0 atom stereocenters. The van der Waals surface area contributed by atoms with Crippen molar-refractivity contribution in [2.75, 3.05) is 0 Å². The third kappa shape index (κ3) is 3.53. The van der Waals surface area contributed by atoms with Crippen LogP contribution >= 0.6 is 0 Å². The normalized spacial score (nSPS) is 11.7. The van der Waals surface area contributed by atoms with Gasteiger partial charge in [-0.1, -0.05) is 103 Å². The molecule has 0 N–H and O–H groups in total. The summed E-state index contributed by atoms with van der Waals surface area (Å²) >= 11 is 0. The van der Waals surface area contributed by atoms with Gasteiger partial charge in [-0.25, -0.2) is 4.98 Å². The zero-order chi connectivity index (χ0) is 28.3. The number of oxazole rings is 1. The summed E-state index contributed by atoms with van der Waals surface area (Å²) in [5.74, 6) is 1.31. The molecule has 0 saturated carbocycles. The van der Waals surface area contributed by atoms with Gasteiger partial charge in [0, 0.05) is 38.4 Å². The summed E-state index contributed by atoms with van der Waals surface area (Å²) < 4.78 is 11.4. The maximum Gasteiger partial charge on any atom is 0.233 e. The van der Waals surface area contributed by atoms with E-state index in [1.165, 1.54) is 32.6 Å². The van der Waals surface area contributed by atoms with Gasteiger partial charge in [-0.05, 0) is 48.5 Å². The maximum absolute atomic E-state index is 6.74. The van der Waals surface area contributed by atoms with Crippen LogP contribution in [0.2, 0.25) is 0 Å². The van der Waals surface area contributed by atoms with Gasteiger partial charge in [0.15, 0.2) is 0 Å². The quantitative estimate of drug-likeness (QED) is 0.218. The van der Waals surface area contributed by atoms with Crippen molar-refractivity contribution in [2.45, 2.75) is 0 Å². The second kappa shape index (κ2) is 9.33. The molecule has 0 aliphatic carbocycles. The van der Waals surface area contributed by atoms with Crippen molar-refractivity contribution in [1.29, 1.82) is 0 Å². The van der Waals surface area contributed by atoms with E-state index in [-0.39, 0.29) is 0 Å². The van der Waals surface area contributed by atoms with Gasteiger partial charge < -0.3 is 8.98 Å². The molecule has 0 unspecified atom stereocenters. The molecular formula is C39H25N3O. The largest absolute Gasteiger partial charge is 0.419 e. The van der Waals surface area contributed by atoms with Crippen LogP contribution in [-0.2, 0) is 0 Å². The summed E-state index contributed by atoms with van der Waals surface area (Å²) in [6, 6.07) is 52.8. The highest BCUT2D eigenvalue weighted by Gasteiger charge is 2.25. The molecule has 0 aliphatic rings. The monoisotopic (exact) mass is 551 g/mol. The highest BCUT2D eigenvalue weighted by atomic mass is 16.4. The van der Waals surface area contributed by atoms with E-state index in [0.29, 0.717) is 11.8 Å². The van der Waals surface area contributed by atoms with Gasteiger partial charge in [0.1, 0.15) is 5.69 Å². The van der Waals surface area contributed by atoms with Crippen LogP contribution in [0.3, 0.4) is 0 Å². The van der Waals surface area contributed by atoms with Crippen LogP contribution in [-0.4, -0.2) is 14.1 Å². The maximum atomic E-state index is 6.74. The molecule has 4 heteroatoms. The highest BCUT2D eigenvalue weighted by Crippen LogP contribution is 2.44. The number of fused-ring (bicyclic) bond motifs is 7. The molecule has 6 aromatic carbocycles. The predicted octanol–water partition coefficient (Wildman–Crippen LogP) is 10.2. The molecule has 0 amide bonds. The standard InChI is InChI=1S/C39H25N3O/c1-4-14-26(15-5-1)37-39(43-38(40-37)27-16-6-2-7-17-27)42-32-23-13-11-21-30(32)36-34(42)25-24-33-35(36)29-20-10-12-22-31(29)41(33)28-18-8-3-9-19-28/h1-25H. The SMILES string of the molecule is c1ccc(-c2nc(-c3ccccc3)c(-n3c4ccccc4c4c5c6ccccc6n(-c6ccccc6)c5ccc43)o2)cc1. The fraction of sp³-hybridized carbons (Fsp3) is 0. The van der Waals surface area contributed by atoms with Crippen molar-refractivity contribution in [3.63, 3.8) is 0 Å². The van der Waals surface area contributed by atoms with Crippen LogP contribution in [0.4, 0.5) is 0 Å². The Morgan fingerprint density at radius 1 is 0.419 bits per heavy atom. The van der Waals surface area contributed by atoms with Crippen LogP contribution in [0.5, 0.6) is 0 Å². The van der Waals surface area contributed by atoms with Crippen molar-refractivity contribution < 1.29 is 4.42 Å². The van der Waals surface area contributed by atoms with Crippen LogP contribution in [0.1, 0.15) is 0 Å².